The second-order valence-electron chi connectivity index (χ2n) is 5.29. The van der Waals surface area contributed by atoms with Gasteiger partial charge in [-0.2, -0.15) is 5.26 Å². The van der Waals surface area contributed by atoms with Crippen LogP contribution >= 0.6 is 11.3 Å². The van der Waals surface area contributed by atoms with Crippen molar-refractivity contribution in [3.8, 4) is 23.1 Å². The van der Waals surface area contributed by atoms with Crippen molar-refractivity contribution in [1.29, 1.82) is 5.26 Å². The number of para-hydroxylation sites is 1. The smallest absolute Gasteiger partial charge is 0.341 e. The molecule has 0 saturated heterocycles. The minimum absolute atomic E-state index is 0.392. The highest BCUT2D eigenvalue weighted by molar-refractivity contribution is 7.11. The van der Waals surface area contributed by atoms with Crippen LogP contribution < -0.4 is 4.74 Å². The normalized spacial score (nSPS) is 11.0. The molecule has 0 bridgehead atoms. The summed E-state index contributed by atoms with van der Waals surface area (Å²) in [6, 6.07) is 18.9. The van der Waals surface area contributed by atoms with E-state index >= 15 is 0 Å². The van der Waals surface area contributed by atoms with Crippen molar-refractivity contribution in [3.05, 3.63) is 70.5 Å². The number of allylic oxidation sites excluding steroid dienone is 1. The Kier molecular flexibility index (Phi) is 5.42. The Morgan fingerprint density at radius 2 is 1.92 bits per heavy atom. The van der Waals surface area contributed by atoms with Gasteiger partial charge in [-0.1, -0.05) is 48.5 Å². The van der Waals surface area contributed by atoms with Crippen LogP contribution in [0.4, 0.5) is 0 Å². The first-order chi connectivity index (χ1) is 12.7. The van der Waals surface area contributed by atoms with E-state index in [1.807, 2.05) is 35.7 Å². The molecule has 0 aliphatic carbocycles. The topological polar surface area (TPSA) is 83.2 Å². The molecule has 0 fully saturated rings. The number of thiazole rings is 1. The van der Waals surface area contributed by atoms with E-state index in [4.69, 9.17) is 9.84 Å². The molecule has 3 aromatic rings. The van der Waals surface area contributed by atoms with Crippen molar-refractivity contribution >= 4 is 29.0 Å². The molecular weight excluding hydrogens is 348 g/mol. The zero-order chi connectivity index (χ0) is 18.4. The van der Waals surface area contributed by atoms with Crippen LogP contribution in [-0.4, -0.2) is 22.7 Å². The van der Waals surface area contributed by atoms with Gasteiger partial charge >= 0.3 is 5.97 Å². The van der Waals surface area contributed by atoms with Crippen LogP contribution in [0, 0.1) is 11.3 Å². The number of rotatable bonds is 6. The molecule has 0 aliphatic rings. The van der Waals surface area contributed by atoms with Crippen LogP contribution in [-0.2, 0) is 4.79 Å². The number of nitrogens with zero attached hydrogens (tertiary/aromatic N) is 2. The lowest BCUT2D eigenvalue weighted by Gasteiger charge is -2.07. The summed E-state index contributed by atoms with van der Waals surface area (Å²) in [6.07, 6.45) is 1.66. The molecule has 0 saturated carbocycles. The number of hydrogen-bond donors (Lipinski definition) is 1. The fourth-order valence-corrected chi connectivity index (χ4v) is 3.10. The number of carbonyl (C=O) groups is 1. The molecule has 0 aliphatic heterocycles. The monoisotopic (exact) mass is 362 g/mol. The van der Waals surface area contributed by atoms with Gasteiger partial charge in [-0.25, -0.2) is 9.78 Å². The SMILES string of the molecule is N#C/C(=C/c1ccccc1OCC(=O)O)c1nc(-c2ccccc2)cs1. The second-order valence-corrected chi connectivity index (χ2v) is 6.15. The number of ether oxygens (including phenoxy) is 1. The van der Waals surface area contributed by atoms with E-state index in [-0.39, 0.29) is 0 Å². The highest BCUT2D eigenvalue weighted by atomic mass is 32.1. The number of carboxylic acids is 1. The Labute approximate surface area is 154 Å². The highest BCUT2D eigenvalue weighted by Gasteiger charge is 2.11. The Morgan fingerprint density at radius 1 is 1.19 bits per heavy atom. The number of aliphatic carboxylic acids is 1. The van der Waals surface area contributed by atoms with Crippen LogP contribution in [0.1, 0.15) is 10.6 Å². The van der Waals surface area contributed by atoms with E-state index in [0.717, 1.165) is 11.3 Å². The van der Waals surface area contributed by atoms with Crippen molar-refractivity contribution in [2.45, 2.75) is 0 Å². The number of carboxylic acid groups (broad SMARTS) is 1. The Bertz CT molecular complexity index is 988. The lowest BCUT2D eigenvalue weighted by atomic mass is 10.1. The summed E-state index contributed by atoms with van der Waals surface area (Å²) in [6.45, 7) is -0.442. The molecule has 0 unspecified atom stereocenters. The summed E-state index contributed by atoms with van der Waals surface area (Å²) in [5.74, 6) is -0.654. The zero-order valence-electron chi connectivity index (χ0n) is 13.6. The van der Waals surface area contributed by atoms with Crippen molar-refractivity contribution in [2.24, 2.45) is 0 Å². The molecule has 0 radical (unpaired) electrons. The van der Waals surface area contributed by atoms with Gasteiger partial charge in [-0.05, 0) is 12.1 Å². The predicted molar refractivity (Wildman–Crippen MR) is 101 cm³/mol. The van der Waals surface area contributed by atoms with E-state index in [1.165, 1.54) is 11.3 Å². The van der Waals surface area contributed by atoms with Crippen molar-refractivity contribution in [1.82, 2.24) is 4.98 Å². The van der Waals surface area contributed by atoms with Gasteiger partial charge in [0.25, 0.3) is 0 Å². The predicted octanol–water partition coefficient (Wildman–Crippen LogP) is 4.34. The summed E-state index contributed by atoms with van der Waals surface area (Å²) in [5, 5.41) is 20.8. The first-order valence-electron chi connectivity index (χ1n) is 7.74. The summed E-state index contributed by atoms with van der Waals surface area (Å²) in [4.78, 5) is 15.3. The van der Waals surface area contributed by atoms with Crippen LogP contribution in [0.2, 0.25) is 0 Å². The first kappa shape index (κ1) is 17.4. The van der Waals surface area contributed by atoms with E-state index in [0.29, 0.717) is 21.9 Å². The number of nitriles is 1. The molecule has 128 valence electrons. The van der Waals surface area contributed by atoms with E-state index < -0.39 is 12.6 Å². The average molecular weight is 362 g/mol. The summed E-state index contributed by atoms with van der Waals surface area (Å²) >= 11 is 1.38. The van der Waals surface area contributed by atoms with Gasteiger partial charge in [0.2, 0.25) is 0 Å². The van der Waals surface area contributed by atoms with Crippen LogP contribution in [0.3, 0.4) is 0 Å². The molecular formula is C20H14N2O3S. The summed E-state index contributed by atoms with van der Waals surface area (Å²) in [5.41, 5.74) is 2.81. The second kappa shape index (κ2) is 8.10. The average Bonchev–Trinajstić information content (AvgIpc) is 3.16. The van der Waals surface area contributed by atoms with Crippen LogP contribution in [0.25, 0.3) is 22.9 Å². The maximum absolute atomic E-state index is 10.7. The molecule has 1 aromatic heterocycles. The molecule has 26 heavy (non-hydrogen) atoms. The zero-order valence-corrected chi connectivity index (χ0v) is 14.4. The van der Waals surface area contributed by atoms with E-state index in [9.17, 15) is 10.1 Å². The fourth-order valence-electron chi connectivity index (χ4n) is 2.31. The summed E-state index contributed by atoms with van der Waals surface area (Å²) < 4.78 is 5.28. The van der Waals surface area contributed by atoms with Gasteiger partial charge in [-0.3, -0.25) is 0 Å². The lowest BCUT2D eigenvalue weighted by Crippen LogP contribution is -2.09. The molecule has 0 spiro atoms. The first-order valence-corrected chi connectivity index (χ1v) is 8.62. The molecule has 0 atom stereocenters. The Balaban J connectivity index is 1.92. The van der Waals surface area contributed by atoms with Gasteiger partial charge in [0, 0.05) is 16.5 Å². The summed E-state index contributed by atoms with van der Waals surface area (Å²) in [7, 11) is 0. The van der Waals surface area contributed by atoms with Crippen LogP contribution in [0.15, 0.2) is 60.0 Å². The molecule has 5 nitrogen and oxygen atoms in total. The van der Waals surface area contributed by atoms with Crippen LogP contribution in [0.5, 0.6) is 5.75 Å². The van der Waals surface area contributed by atoms with Gasteiger partial charge in [0.15, 0.2) is 6.61 Å². The van der Waals surface area contributed by atoms with E-state index in [2.05, 4.69) is 11.1 Å². The van der Waals surface area contributed by atoms with Gasteiger partial charge < -0.3 is 9.84 Å². The van der Waals surface area contributed by atoms with E-state index in [1.54, 1.807) is 30.3 Å². The molecule has 6 heteroatoms. The van der Waals surface area contributed by atoms with Crippen molar-refractivity contribution < 1.29 is 14.6 Å². The number of aromatic nitrogens is 1. The molecule has 0 amide bonds. The van der Waals surface area contributed by atoms with Gasteiger partial charge in [0.1, 0.15) is 16.8 Å². The van der Waals surface area contributed by atoms with Crippen molar-refractivity contribution in [2.75, 3.05) is 6.61 Å². The maximum Gasteiger partial charge on any atom is 0.341 e. The lowest BCUT2D eigenvalue weighted by molar-refractivity contribution is -0.139. The third-order valence-electron chi connectivity index (χ3n) is 3.49. The van der Waals surface area contributed by atoms with Crippen molar-refractivity contribution in [3.63, 3.8) is 0 Å². The highest BCUT2D eigenvalue weighted by Crippen LogP contribution is 2.29. The van der Waals surface area contributed by atoms with Gasteiger partial charge in [-0.15, -0.1) is 11.3 Å². The maximum atomic E-state index is 10.7. The molecule has 2 aromatic carbocycles. The fraction of sp³-hybridized carbons (Fsp3) is 0.0500. The number of benzene rings is 2. The Hall–Kier alpha value is -3.43. The Morgan fingerprint density at radius 3 is 2.65 bits per heavy atom. The standard InChI is InChI=1S/C20H14N2O3S/c21-11-16(10-15-8-4-5-9-18(15)25-12-19(23)24)20-22-17(13-26-20)14-6-2-1-3-7-14/h1-10,13H,12H2,(H,23,24)/b16-10-. The molecule has 1 heterocycles. The minimum atomic E-state index is -1.06. The molecule has 1 N–H and O–H groups in total. The van der Waals surface area contributed by atoms with Gasteiger partial charge in [0.05, 0.1) is 11.3 Å². The molecule has 3 rings (SSSR count). The quantitative estimate of drug-likeness (QED) is 0.660. The third kappa shape index (κ3) is 4.15. The third-order valence-corrected chi connectivity index (χ3v) is 4.37. The minimum Gasteiger partial charge on any atom is -0.481 e. The number of hydrogen-bond acceptors (Lipinski definition) is 5. The largest absolute Gasteiger partial charge is 0.481 e.